The third kappa shape index (κ3) is 4.29. The van der Waals surface area contributed by atoms with Gasteiger partial charge in [-0.3, -0.25) is 0 Å². The molecule has 0 radical (unpaired) electrons. The van der Waals surface area contributed by atoms with Gasteiger partial charge >= 0.3 is 0 Å². The Hall–Kier alpha value is -5.23. The van der Waals surface area contributed by atoms with E-state index in [9.17, 15) is 0 Å². The lowest BCUT2D eigenvalue weighted by Crippen LogP contribution is -2.00. The molecule has 0 aliphatic rings. The highest BCUT2D eigenvalue weighted by Crippen LogP contribution is 2.39. The Balaban J connectivity index is 1.20. The highest BCUT2D eigenvalue weighted by molar-refractivity contribution is 7.26. The Morgan fingerprint density at radius 3 is 1.50 bits per heavy atom. The lowest BCUT2D eigenvalue weighted by molar-refractivity contribution is 1.08. The van der Waals surface area contributed by atoms with Gasteiger partial charge in [-0.15, -0.1) is 22.7 Å². The van der Waals surface area contributed by atoms with Gasteiger partial charge in [-0.1, -0.05) is 103 Å². The highest BCUT2D eigenvalue weighted by Gasteiger charge is 2.15. The van der Waals surface area contributed by atoms with Crippen LogP contribution in [0, 0.1) is 0 Å². The highest BCUT2D eigenvalue weighted by atomic mass is 32.1. The van der Waals surface area contributed by atoms with Crippen molar-refractivity contribution >= 4 is 63.0 Å². The van der Waals surface area contributed by atoms with Crippen molar-refractivity contribution in [3.63, 3.8) is 0 Å². The van der Waals surface area contributed by atoms with Gasteiger partial charge in [-0.2, -0.15) is 0 Å². The Labute approximate surface area is 261 Å². The summed E-state index contributed by atoms with van der Waals surface area (Å²) in [6, 6.07) is 49.2. The second kappa shape index (κ2) is 10.2. The van der Waals surface area contributed by atoms with Crippen LogP contribution in [0.25, 0.3) is 85.6 Å². The molecule has 0 aliphatic carbocycles. The van der Waals surface area contributed by atoms with Gasteiger partial charge in [-0.05, 0) is 47.5 Å². The number of benzene rings is 6. The van der Waals surface area contributed by atoms with Crippen LogP contribution in [0.3, 0.4) is 0 Å². The van der Waals surface area contributed by atoms with Gasteiger partial charge in [0.15, 0.2) is 17.5 Å². The Bertz CT molecular complexity index is 2500. The van der Waals surface area contributed by atoms with E-state index in [-0.39, 0.29) is 0 Å². The summed E-state index contributed by atoms with van der Waals surface area (Å²) in [6.07, 6.45) is 0. The number of rotatable bonds is 4. The molecule has 0 saturated heterocycles. The second-order valence-electron chi connectivity index (χ2n) is 10.9. The first kappa shape index (κ1) is 25.3. The number of aromatic nitrogens is 3. The molecular formula is C39H23N3S2. The summed E-state index contributed by atoms with van der Waals surface area (Å²) in [5, 5.41) is 5.01. The van der Waals surface area contributed by atoms with Crippen LogP contribution >= 0.6 is 22.7 Å². The molecule has 0 unspecified atom stereocenters. The molecule has 9 aromatic rings. The van der Waals surface area contributed by atoms with Gasteiger partial charge in [0.05, 0.1) is 0 Å². The Morgan fingerprint density at radius 2 is 0.773 bits per heavy atom. The van der Waals surface area contributed by atoms with E-state index in [4.69, 9.17) is 15.0 Å². The zero-order valence-electron chi connectivity index (χ0n) is 23.4. The maximum absolute atomic E-state index is 5.07. The van der Waals surface area contributed by atoms with Gasteiger partial charge in [0, 0.05) is 57.0 Å². The monoisotopic (exact) mass is 597 g/mol. The van der Waals surface area contributed by atoms with Crippen molar-refractivity contribution in [1.29, 1.82) is 0 Å². The van der Waals surface area contributed by atoms with Crippen LogP contribution in [0.1, 0.15) is 0 Å². The summed E-state index contributed by atoms with van der Waals surface area (Å²) in [5.74, 6) is 2.02. The fourth-order valence-corrected chi connectivity index (χ4v) is 8.21. The predicted octanol–water partition coefficient (Wildman–Crippen LogP) is 11.3. The van der Waals surface area contributed by atoms with Crippen LogP contribution < -0.4 is 0 Å². The second-order valence-corrected chi connectivity index (χ2v) is 13.0. The SMILES string of the molecule is c1ccc(-c2ccc3c(c2)sc2cc(-c4nc(-c5ccccc5)nc(-c5ccc6sc7ccccc7c6c5)n4)ccc23)cc1. The van der Waals surface area contributed by atoms with E-state index in [1.807, 2.05) is 40.9 Å². The number of fused-ring (bicyclic) bond motifs is 6. The first-order valence-corrected chi connectivity index (χ1v) is 16.2. The zero-order chi connectivity index (χ0) is 29.0. The van der Waals surface area contributed by atoms with Crippen molar-refractivity contribution in [2.75, 3.05) is 0 Å². The van der Waals surface area contributed by atoms with E-state index in [1.165, 1.54) is 51.5 Å². The van der Waals surface area contributed by atoms with Gasteiger partial charge in [0.1, 0.15) is 0 Å². The molecule has 0 atom stereocenters. The van der Waals surface area contributed by atoms with Crippen molar-refractivity contribution in [3.8, 4) is 45.3 Å². The molecule has 3 heterocycles. The molecule has 0 bridgehead atoms. The van der Waals surface area contributed by atoms with E-state index in [0.29, 0.717) is 17.5 Å². The lowest BCUT2D eigenvalue weighted by Gasteiger charge is -2.09. The molecule has 0 fully saturated rings. The van der Waals surface area contributed by atoms with Crippen LogP contribution in [-0.4, -0.2) is 15.0 Å². The molecule has 0 N–H and O–H groups in total. The quantitative estimate of drug-likeness (QED) is 0.203. The van der Waals surface area contributed by atoms with Crippen LogP contribution in [0.5, 0.6) is 0 Å². The fourth-order valence-electron chi connectivity index (χ4n) is 5.94. The van der Waals surface area contributed by atoms with E-state index >= 15 is 0 Å². The molecule has 3 nitrogen and oxygen atoms in total. The van der Waals surface area contributed by atoms with Gasteiger partial charge < -0.3 is 0 Å². The number of nitrogens with zero attached hydrogens (tertiary/aromatic N) is 3. The molecule has 6 aromatic carbocycles. The van der Waals surface area contributed by atoms with Crippen molar-refractivity contribution in [1.82, 2.24) is 15.0 Å². The van der Waals surface area contributed by atoms with Gasteiger partial charge in [0.2, 0.25) is 0 Å². The number of hydrogen-bond acceptors (Lipinski definition) is 5. The van der Waals surface area contributed by atoms with Crippen molar-refractivity contribution in [3.05, 3.63) is 140 Å². The smallest absolute Gasteiger partial charge is 0.164 e. The third-order valence-electron chi connectivity index (χ3n) is 8.14. The summed E-state index contributed by atoms with van der Waals surface area (Å²) in [6.45, 7) is 0. The average Bonchev–Trinajstić information content (AvgIpc) is 3.66. The van der Waals surface area contributed by atoms with E-state index in [1.54, 1.807) is 0 Å². The molecule has 3 aromatic heterocycles. The van der Waals surface area contributed by atoms with Crippen molar-refractivity contribution in [2.45, 2.75) is 0 Å². The van der Waals surface area contributed by atoms with Gasteiger partial charge in [-0.25, -0.2) is 15.0 Å². The zero-order valence-corrected chi connectivity index (χ0v) is 25.1. The van der Waals surface area contributed by atoms with Crippen LogP contribution in [0.4, 0.5) is 0 Å². The molecule has 0 saturated carbocycles. The molecule has 9 rings (SSSR count). The Kier molecular flexibility index (Phi) is 5.86. The number of hydrogen-bond donors (Lipinski definition) is 0. The molecule has 206 valence electrons. The number of thiophene rings is 2. The predicted molar refractivity (Wildman–Crippen MR) is 187 cm³/mol. The Morgan fingerprint density at radius 1 is 0.295 bits per heavy atom. The summed E-state index contributed by atoms with van der Waals surface area (Å²) < 4.78 is 5.04. The molecule has 0 aliphatic heterocycles. The fraction of sp³-hybridized carbons (Fsp3) is 0. The van der Waals surface area contributed by atoms with Crippen LogP contribution in [-0.2, 0) is 0 Å². The summed E-state index contributed by atoms with van der Waals surface area (Å²) in [4.78, 5) is 15.1. The van der Waals surface area contributed by atoms with E-state index < -0.39 is 0 Å². The maximum atomic E-state index is 5.07. The summed E-state index contributed by atoms with van der Waals surface area (Å²) in [7, 11) is 0. The van der Waals surface area contributed by atoms with Crippen molar-refractivity contribution < 1.29 is 0 Å². The average molecular weight is 598 g/mol. The normalized spacial score (nSPS) is 11.6. The minimum atomic E-state index is 0.671. The third-order valence-corrected chi connectivity index (χ3v) is 10.4. The topological polar surface area (TPSA) is 38.7 Å². The van der Waals surface area contributed by atoms with Crippen molar-refractivity contribution in [2.24, 2.45) is 0 Å². The first-order chi connectivity index (χ1) is 21.8. The maximum Gasteiger partial charge on any atom is 0.164 e. The largest absolute Gasteiger partial charge is 0.208 e. The summed E-state index contributed by atoms with van der Waals surface area (Å²) >= 11 is 3.63. The van der Waals surface area contributed by atoms with Gasteiger partial charge in [0.25, 0.3) is 0 Å². The lowest BCUT2D eigenvalue weighted by atomic mass is 10.0. The van der Waals surface area contributed by atoms with E-state index in [2.05, 4.69) is 121 Å². The first-order valence-electron chi connectivity index (χ1n) is 14.5. The molecule has 0 amide bonds. The van der Waals surface area contributed by atoms with Crippen LogP contribution in [0.2, 0.25) is 0 Å². The standard InChI is InChI=1S/C39H23N3S2/c1-3-9-24(10-4-1)26-15-18-30-31-19-16-28(23-36(31)44-35(30)22-26)39-41-37(25-11-5-2-6-12-25)40-38(42-39)27-17-20-34-32(21-27)29-13-7-8-14-33(29)43-34/h1-23H. The van der Waals surface area contributed by atoms with Crippen LogP contribution in [0.15, 0.2) is 140 Å². The minimum Gasteiger partial charge on any atom is -0.208 e. The molecular weight excluding hydrogens is 575 g/mol. The molecule has 5 heteroatoms. The summed E-state index contributed by atoms with van der Waals surface area (Å²) in [5.41, 5.74) is 5.39. The molecule has 0 spiro atoms. The minimum absolute atomic E-state index is 0.671. The van der Waals surface area contributed by atoms with E-state index in [0.717, 1.165) is 16.7 Å². The molecule has 44 heavy (non-hydrogen) atoms.